The number of rotatable bonds is 2. The van der Waals surface area contributed by atoms with Gasteiger partial charge in [-0.3, -0.25) is 9.79 Å². The highest BCUT2D eigenvalue weighted by atomic mass is 16.2. The molecule has 0 fully saturated rings. The van der Waals surface area contributed by atoms with Gasteiger partial charge in [-0.2, -0.15) is 0 Å². The molecule has 0 aromatic heterocycles. The lowest BCUT2D eigenvalue weighted by atomic mass is 9.99. The number of carbonyl (C=O) groups is 1. The summed E-state index contributed by atoms with van der Waals surface area (Å²) in [5.74, 6) is 0.309. The maximum Gasteiger partial charge on any atom is 0.266 e. The Balaban J connectivity index is 2.54. The summed E-state index contributed by atoms with van der Waals surface area (Å²) in [6, 6.07) is 7.82. The molecule has 96 valence electrons. The summed E-state index contributed by atoms with van der Waals surface area (Å²) in [6.45, 7) is 4.26. The maximum absolute atomic E-state index is 12.0. The fourth-order valence-corrected chi connectivity index (χ4v) is 2.17. The van der Waals surface area contributed by atoms with Gasteiger partial charge in [0.25, 0.3) is 5.91 Å². The van der Waals surface area contributed by atoms with Crippen molar-refractivity contribution >= 4 is 17.3 Å². The first kappa shape index (κ1) is 12.8. The molecule has 1 aromatic carbocycles. The van der Waals surface area contributed by atoms with Gasteiger partial charge in [0.2, 0.25) is 0 Å². The molecule has 0 radical (unpaired) electrons. The molecule has 0 saturated heterocycles. The molecular weight excluding hydrogens is 226 g/mol. The van der Waals surface area contributed by atoms with Gasteiger partial charge in [-0.05, 0) is 18.4 Å². The van der Waals surface area contributed by atoms with E-state index in [4.69, 9.17) is 5.73 Å². The Morgan fingerprint density at radius 1 is 1.39 bits per heavy atom. The Labute approximate surface area is 108 Å². The zero-order chi connectivity index (χ0) is 13.3. The van der Waals surface area contributed by atoms with Crippen molar-refractivity contribution in [2.24, 2.45) is 16.6 Å². The van der Waals surface area contributed by atoms with Crippen molar-refractivity contribution in [3.63, 3.8) is 0 Å². The monoisotopic (exact) mass is 245 g/mol. The van der Waals surface area contributed by atoms with Gasteiger partial charge < -0.3 is 10.6 Å². The molecule has 1 aliphatic rings. The third-order valence-corrected chi connectivity index (χ3v) is 3.06. The van der Waals surface area contributed by atoms with Crippen LogP contribution in [0.3, 0.4) is 0 Å². The average molecular weight is 245 g/mol. The van der Waals surface area contributed by atoms with Crippen molar-refractivity contribution in [3.05, 3.63) is 29.8 Å². The number of benzodiazepines with no additional fused rings is 1. The highest BCUT2D eigenvalue weighted by Gasteiger charge is 2.26. The minimum absolute atomic E-state index is 0.166. The van der Waals surface area contributed by atoms with E-state index >= 15 is 0 Å². The SMILES string of the molecule is CC(C)CC1=NC(N)C(=O)N(C)c2ccccc21. The van der Waals surface area contributed by atoms with Crippen LogP contribution in [0, 0.1) is 5.92 Å². The van der Waals surface area contributed by atoms with Crippen LogP contribution in [0.25, 0.3) is 0 Å². The molecule has 0 aliphatic carbocycles. The predicted molar refractivity (Wildman–Crippen MR) is 73.8 cm³/mol. The van der Waals surface area contributed by atoms with Crippen LogP contribution in [0.5, 0.6) is 0 Å². The molecule has 4 nitrogen and oxygen atoms in total. The molecule has 1 unspecified atom stereocenters. The van der Waals surface area contributed by atoms with Crippen LogP contribution in [-0.2, 0) is 4.79 Å². The highest BCUT2D eigenvalue weighted by Crippen LogP contribution is 2.26. The van der Waals surface area contributed by atoms with E-state index in [1.807, 2.05) is 24.3 Å². The van der Waals surface area contributed by atoms with Crippen molar-refractivity contribution in [3.8, 4) is 0 Å². The van der Waals surface area contributed by atoms with Gasteiger partial charge in [0.15, 0.2) is 6.17 Å². The Bertz CT molecular complexity index is 494. The highest BCUT2D eigenvalue weighted by molar-refractivity contribution is 6.12. The molecule has 0 saturated carbocycles. The first-order valence-electron chi connectivity index (χ1n) is 6.20. The number of aliphatic imine (C=N–C) groups is 1. The molecule has 4 heteroatoms. The number of carbonyl (C=O) groups excluding carboxylic acids is 1. The largest absolute Gasteiger partial charge is 0.312 e. The van der Waals surface area contributed by atoms with E-state index in [9.17, 15) is 4.79 Å². The molecule has 1 aliphatic heterocycles. The van der Waals surface area contributed by atoms with Crippen LogP contribution < -0.4 is 10.6 Å². The van der Waals surface area contributed by atoms with Crippen molar-refractivity contribution in [2.45, 2.75) is 26.4 Å². The number of likely N-dealkylation sites (N-methyl/N-ethyl adjacent to an activating group) is 1. The van der Waals surface area contributed by atoms with Gasteiger partial charge in [-0.25, -0.2) is 0 Å². The fraction of sp³-hybridized carbons (Fsp3) is 0.429. The Morgan fingerprint density at radius 3 is 2.72 bits per heavy atom. The zero-order valence-electron chi connectivity index (χ0n) is 11.1. The number of fused-ring (bicyclic) bond motifs is 1. The van der Waals surface area contributed by atoms with Crippen LogP contribution in [0.15, 0.2) is 29.3 Å². The summed E-state index contributed by atoms with van der Waals surface area (Å²) in [7, 11) is 1.74. The quantitative estimate of drug-likeness (QED) is 0.863. The van der Waals surface area contributed by atoms with E-state index in [0.29, 0.717) is 5.92 Å². The summed E-state index contributed by atoms with van der Waals surface area (Å²) in [5, 5.41) is 0. The van der Waals surface area contributed by atoms with Gasteiger partial charge in [-0.1, -0.05) is 32.0 Å². The number of nitrogens with zero attached hydrogens (tertiary/aromatic N) is 2. The minimum atomic E-state index is -0.795. The topological polar surface area (TPSA) is 58.7 Å². The third kappa shape index (κ3) is 2.29. The van der Waals surface area contributed by atoms with E-state index in [1.165, 1.54) is 0 Å². The van der Waals surface area contributed by atoms with Gasteiger partial charge in [-0.15, -0.1) is 0 Å². The van der Waals surface area contributed by atoms with Crippen molar-refractivity contribution < 1.29 is 4.79 Å². The number of benzene rings is 1. The molecule has 2 rings (SSSR count). The number of nitrogens with two attached hydrogens (primary N) is 1. The lowest BCUT2D eigenvalue weighted by molar-refractivity contribution is -0.119. The summed E-state index contributed by atoms with van der Waals surface area (Å²) in [6.07, 6.45) is 0.0300. The van der Waals surface area contributed by atoms with Gasteiger partial charge in [0.05, 0.1) is 5.69 Å². The van der Waals surface area contributed by atoms with Gasteiger partial charge in [0.1, 0.15) is 0 Å². The zero-order valence-corrected chi connectivity index (χ0v) is 11.1. The van der Waals surface area contributed by atoms with Crippen molar-refractivity contribution in [1.29, 1.82) is 0 Å². The molecule has 1 atom stereocenters. The molecule has 1 aromatic rings. The van der Waals surface area contributed by atoms with Gasteiger partial charge >= 0.3 is 0 Å². The van der Waals surface area contributed by atoms with Gasteiger partial charge in [0, 0.05) is 18.3 Å². The normalized spacial score (nSPS) is 19.6. The Kier molecular flexibility index (Phi) is 3.48. The molecular formula is C14H19N3O. The summed E-state index contributed by atoms with van der Waals surface area (Å²) in [4.78, 5) is 18.0. The van der Waals surface area contributed by atoms with E-state index < -0.39 is 6.17 Å². The summed E-state index contributed by atoms with van der Waals surface area (Å²) >= 11 is 0. The molecule has 0 spiro atoms. The maximum atomic E-state index is 12.0. The molecule has 1 heterocycles. The molecule has 2 N–H and O–H groups in total. The number of para-hydroxylation sites is 1. The second-order valence-corrected chi connectivity index (χ2v) is 5.03. The number of hydrogen-bond acceptors (Lipinski definition) is 3. The number of anilines is 1. The Hall–Kier alpha value is -1.68. The minimum Gasteiger partial charge on any atom is -0.312 e. The lowest BCUT2D eigenvalue weighted by Crippen LogP contribution is -2.39. The first-order chi connectivity index (χ1) is 8.50. The van der Waals surface area contributed by atoms with Crippen LogP contribution in [0.2, 0.25) is 0 Å². The van der Waals surface area contributed by atoms with Crippen LogP contribution in [0.1, 0.15) is 25.8 Å². The predicted octanol–water partition coefficient (Wildman–Crippen LogP) is 1.78. The first-order valence-corrected chi connectivity index (χ1v) is 6.20. The molecule has 1 amide bonds. The fourth-order valence-electron chi connectivity index (χ4n) is 2.17. The number of amides is 1. The van der Waals surface area contributed by atoms with E-state index in [-0.39, 0.29) is 5.91 Å². The van der Waals surface area contributed by atoms with E-state index in [0.717, 1.165) is 23.4 Å². The van der Waals surface area contributed by atoms with Crippen LogP contribution in [0.4, 0.5) is 5.69 Å². The average Bonchev–Trinajstić information content (AvgIpc) is 2.42. The third-order valence-electron chi connectivity index (χ3n) is 3.06. The van der Waals surface area contributed by atoms with Crippen molar-refractivity contribution in [1.82, 2.24) is 0 Å². The van der Waals surface area contributed by atoms with E-state index in [1.54, 1.807) is 11.9 Å². The Morgan fingerprint density at radius 2 is 2.06 bits per heavy atom. The second-order valence-electron chi connectivity index (χ2n) is 5.03. The van der Waals surface area contributed by atoms with Crippen LogP contribution >= 0.6 is 0 Å². The number of hydrogen-bond donors (Lipinski definition) is 1. The van der Waals surface area contributed by atoms with Crippen molar-refractivity contribution in [2.75, 3.05) is 11.9 Å². The summed E-state index contributed by atoms with van der Waals surface area (Å²) in [5.41, 5.74) is 8.65. The smallest absolute Gasteiger partial charge is 0.266 e. The summed E-state index contributed by atoms with van der Waals surface area (Å²) < 4.78 is 0. The lowest BCUT2D eigenvalue weighted by Gasteiger charge is -2.18. The molecule has 18 heavy (non-hydrogen) atoms. The van der Waals surface area contributed by atoms with E-state index in [2.05, 4.69) is 18.8 Å². The second kappa shape index (κ2) is 4.90. The standard InChI is InChI=1S/C14H19N3O/c1-9(2)8-11-10-6-4-5-7-12(10)17(3)14(18)13(15)16-11/h4-7,9,13H,8,15H2,1-3H3. The van der Waals surface area contributed by atoms with Crippen LogP contribution in [-0.4, -0.2) is 24.8 Å². The molecule has 0 bridgehead atoms.